The van der Waals surface area contributed by atoms with E-state index in [0.717, 1.165) is 31.9 Å². The maximum Gasteiger partial charge on any atom is 0.208 e. The smallest absolute Gasteiger partial charge is 0.208 e. The first-order valence-corrected chi connectivity index (χ1v) is 9.84. The first kappa shape index (κ1) is 19.1. The van der Waals surface area contributed by atoms with Gasteiger partial charge in [0, 0.05) is 0 Å². The van der Waals surface area contributed by atoms with Crippen molar-refractivity contribution in [1.82, 2.24) is 0 Å². The zero-order chi connectivity index (χ0) is 19.1. The number of benzene rings is 3. The Bertz CT molecular complexity index is 799. The second-order valence-corrected chi connectivity index (χ2v) is 7.67. The van der Waals surface area contributed by atoms with Gasteiger partial charge in [0.15, 0.2) is 15.5 Å². The number of rotatable bonds is 8. The summed E-state index contributed by atoms with van der Waals surface area (Å²) >= 11 is 0. The highest BCUT2D eigenvalue weighted by molar-refractivity contribution is 7.97. The largest absolute Gasteiger partial charge is 0.497 e. The first-order chi connectivity index (χ1) is 13.3. The Balaban J connectivity index is 2.09. The molecule has 0 heterocycles. The molecule has 0 unspecified atom stereocenters. The van der Waals surface area contributed by atoms with Crippen LogP contribution in [-0.4, -0.2) is 32.5 Å². The second-order valence-electron chi connectivity index (χ2n) is 5.68. The van der Waals surface area contributed by atoms with Crippen LogP contribution in [0.25, 0.3) is 0 Å². The molecule has 0 atom stereocenters. The molecule has 27 heavy (non-hydrogen) atoms. The van der Waals surface area contributed by atoms with Gasteiger partial charge in [0.05, 0.1) is 20.8 Å². The van der Waals surface area contributed by atoms with E-state index >= 15 is 0 Å². The third-order valence-electron chi connectivity index (χ3n) is 4.01. The third-order valence-corrected chi connectivity index (χ3v) is 6.27. The van der Waals surface area contributed by atoms with Crippen LogP contribution in [0.2, 0.25) is 0 Å². The van der Waals surface area contributed by atoms with Crippen molar-refractivity contribution in [1.29, 1.82) is 0 Å². The van der Waals surface area contributed by atoms with E-state index in [1.54, 1.807) is 14.2 Å². The van der Waals surface area contributed by atoms with Gasteiger partial charge in [-0.05, 0) is 60.7 Å². The second kappa shape index (κ2) is 9.35. The fourth-order valence-corrected chi connectivity index (χ4v) is 4.85. The summed E-state index contributed by atoms with van der Waals surface area (Å²) in [6.45, 7) is 0.243. The minimum atomic E-state index is -0.368. The van der Waals surface area contributed by atoms with Crippen LogP contribution < -0.4 is 14.2 Å². The number of aliphatic hydroxyl groups excluding tert-OH is 1. The molecule has 1 N–H and O–H groups in total. The van der Waals surface area contributed by atoms with Crippen molar-refractivity contribution in [2.45, 2.75) is 14.7 Å². The van der Waals surface area contributed by atoms with Gasteiger partial charge in [-0.3, -0.25) is 0 Å². The number of para-hydroxylation sites is 1. The molecule has 0 spiro atoms. The lowest BCUT2D eigenvalue weighted by molar-refractivity contribution is 0.198. The van der Waals surface area contributed by atoms with E-state index in [1.165, 1.54) is 0 Å². The van der Waals surface area contributed by atoms with Gasteiger partial charge >= 0.3 is 0 Å². The zero-order valence-electron chi connectivity index (χ0n) is 15.4. The Hall–Kier alpha value is -2.63. The highest BCUT2D eigenvalue weighted by Crippen LogP contribution is 2.37. The number of methoxy groups -OCH3 is 2. The summed E-state index contributed by atoms with van der Waals surface area (Å²) in [4.78, 5) is 3.38. The lowest BCUT2D eigenvalue weighted by Crippen LogP contribution is -2.09. The first-order valence-electron chi connectivity index (χ1n) is 8.62. The molecule has 4 nitrogen and oxygen atoms in total. The van der Waals surface area contributed by atoms with Crippen LogP contribution in [0.5, 0.6) is 17.2 Å². The molecule has 5 heteroatoms. The van der Waals surface area contributed by atoms with Crippen molar-refractivity contribution in [3.8, 4) is 17.2 Å². The summed E-state index contributed by atoms with van der Waals surface area (Å²) in [7, 11) is 2.96. The van der Waals surface area contributed by atoms with Crippen LogP contribution in [0, 0.1) is 0 Å². The van der Waals surface area contributed by atoms with Gasteiger partial charge in [0.25, 0.3) is 0 Å². The number of aliphatic hydroxyl groups is 1. The molecule has 0 radical (unpaired) electrons. The van der Waals surface area contributed by atoms with E-state index < -0.39 is 0 Å². The molecule has 0 aliphatic rings. The Labute approximate surface area is 162 Å². The third kappa shape index (κ3) is 4.56. The van der Waals surface area contributed by atoms with Gasteiger partial charge in [0.2, 0.25) is 4.90 Å². The lowest BCUT2D eigenvalue weighted by Gasteiger charge is -2.13. The fraction of sp³-hybridized carbons (Fsp3) is 0.182. The van der Waals surface area contributed by atoms with Crippen LogP contribution in [0.1, 0.15) is 0 Å². The zero-order valence-corrected chi connectivity index (χ0v) is 16.2. The molecule has 0 aliphatic heterocycles. The maximum atomic E-state index is 9.16. The quantitative estimate of drug-likeness (QED) is 0.593. The Morgan fingerprint density at radius 1 is 0.741 bits per heavy atom. The number of hydrogen-bond donors (Lipinski definition) is 1. The van der Waals surface area contributed by atoms with E-state index in [-0.39, 0.29) is 24.1 Å². The van der Waals surface area contributed by atoms with Gasteiger partial charge < -0.3 is 19.3 Å². The van der Waals surface area contributed by atoms with Crippen molar-refractivity contribution >= 4 is 10.9 Å². The monoisotopic (exact) mass is 383 g/mol. The predicted octanol–water partition coefficient (Wildman–Crippen LogP) is 4.17. The molecule has 3 aromatic carbocycles. The highest BCUT2D eigenvalue weighted by atomic mass is 32.2. The predicted molar refractivity (Wildman–Crippen MR) is 107 cm³/mol. The fourth-order valence-electron chi connectivity index (χ4n) is 2.71. The van der Waals surface area contributed by atoms with Crippen molar-refractivity contribution in [3.05, 3.63) is 72.8 Å². The molecule has 0 saturated heterocycles. The Morgan fingerprint density at radius 2 is 1.26 bits per heavy atom. The van der Waals surface area contributed by atoms with E-state index in [0.29, 0.717) is 0 Å². The molecular formula is C22H23O4S+. The Morgan fingerprint density at radius 3 is 1.74 bits per heavy atom. The minimum absolute atomic E-state index is 0.0207. The van der Waals surface area contributed by atoms with Gasteiger partial charge in [-0.15, -0.1) is 0 Å². The molecule has 0 aromatic heterocycles. The summed E-state index contributed by atoms with van der Waals surface area (Å²) < 4.78 is 16.4. The van der Waals surface area contributed by atoms with Crippen LogP contribution in [0.4, 0.5) is 0 Å². The topological polar surface area (TPSA) is 47.9 Å². The normalized spacial score (nSPS) is 10.7. The average molecular weight is 383 g/mol. The van der Waals surface area contributed by atoms with Crippen molar-refractivity contribution < 1.29 is 19.3 Å². The summed E-state index contributed by atoms with van der Waals surface area (Å²) in [5.41, 5.74) is 0. The summed E-state index contributed by atoms with van der Waals surface area (Å²) in [6, 6.07) is 24.2. The minimum Gasteiger partial charge on any atom is -0.497 e. The van der Waals surface area contributed by atoms with E-state index in [4.69, 9.17) is 19.3 Å². The van der Waals surface area contributed by atoms with Crippen molar-refractivity contribution in [2.75, 3.05) is 27.4 Å². The molecular weight excluding hydrogens is 360 g/mol. The van der Waals surface area contributed by atoms with Crippen LogP contribution in [0.15, 0.2) is 87.5 Å². The molecule has 0 amide bonds. The number of ether oxygens (including phenoxy) is 3. The molecule has 0 fully saturated rings. The van der Waals surface area contributed by atoms with Gasteiger partial charge in [-0.25, -0.2) is 0 Å². The molecule has 3 aromatic rings. The standard InChI is InChI=1S/C22H23O4S/c1-24-17-7-11-19(12-8-17)27(20-13-9-18(25-2)10-14-20)22-6-4-3-5-21(22)26-16-15-23/h3-14,23H,15-16H2,1-2H3/q+1. The van der Waals surface area contributed by atoms with Crippen molar-refractivity contribution in [2.24, 2.45) is 0 Å². The summed E-state index contributed by atoms with van der Waals surface area (Å²) in [5.74, 6) is 2.42. The van der Waals surface area contributed by atoms with Crippen LogP contribution in [-0.2, 0) is 10.9 Å². The van der Waals surface area contributed by atoms with E-state index in [1.807, 2.05) is 42.5 Å². The lowest BCUT2D eigenvalue weighted by atomic mass is 10.3. The van der Waals surface area contributed by atoms with Gasteiger partial charge in [-0.2, -0.15) is 0 Å². The Kier molecular flexibility index (Phi) is 6.63. The van der Waals surface area contributed by atoms with E-state index in [9.17, 15) is 0 Å². The van der Waals surface area contributed by atoms with Crippen LogP contribution >= 0.6 is 0 Å². The molecule has 3 rings (SSSR count). The maximum absolute atomic E-state index is 9.16. The van der Waals surface area contributed by atoms with Crippen molar-refractivity contribution in [3.63, 3.8) is 0 Å². The summed E-state index contributed by atoms with van der Waals surface area (Å²) in [6.07, 6.45) is 0. The number of hydrogen-bond acceptors (Lipinski definition) is 4. The average Bonchev–Trinajstić information content (AvgIpc) is 2.74. The van der Waals surface area contributed by atoms with Crippen LogP contribution in [0.3, 0.4) is 0 Å². The molecule has 0 aliphatic carbocycles. The van der Waals surface area contributed by atoms with Gasteiger partial charge in [-0.1, -0.05) is 12.1 Å². The van der Waals surface area contributed by atoms with E-state index in [2.05, 4.69) is 30.3 Å². The summed E-state index contributed by atoms with van der Waals surface area (Å²) in [5, 5.41) is 9.16. The molecule has 140 valence electrons. The highest BCUT2D eigenvalue weighted by Gasteiger charge is 2.32. The van der Waals surface area contributed by atoms with Gasteiger partial charge in [0.1, 0.15) is 29.0 Å². The molecule has 0 saturated carbocycles. The SMILES string of the molecule is COc1ccc([S+](c2ccc(OC)cc2)c2ccccc2OCCO)cc1. The molecule has 0 bridgehead atoms.